The highest BCUT2D eigenvalue weighted by Crippen LogP contribution is 2.16. The van der Waals surface area contributed by atoms with Gasteiger partial charge in [0.2, 0.25) is 0 Å². The minimum atomic E-state index is -0.260. The number of nitrogens with zero attached hydrogens (tertiary/aromatic N) is 2. The molecule has 2 rings (SSSR count). The van der Waals surface area contributed by atoms with Crippen molar-refractivity contribution in [1.29, 1.82) is 0 Å². The van der Waals surface area contributed by atoms with E-state index in [4.69, 9.17) is 4.74 Å². The van der Waals surface area contributed by atoms with Gasteiger partial charge < -0.3 is 14.4 Å². The summed E-state index contributed by atoms with van der Waals surface area (Å²) >= 11 is 0. The van der Waals surface area contributed by atoms with Gasteiger partial charge in [0, 0.05) is 31.5 Å². The van der Waals surface area contributed by atoms with Crippen LogP contribution < -0.4 is 4.74 Å². The zero-order valence-corrected chi connectivity index (χ0v) is 16.7. The van der Waals surface area contributed by atoms with Gasteiger partial charge in [-0.15, -0.1) is 0 Å². The number of rotatable bonds is 11. The second-order valence-electron chi connectivity index (χ2n) is 7.46. The van der Waals surface area contributed by atoms with Gasteiger partial charge in [-0.3, -0.25) is 4.90 Å². The van der Waals surface area contributed by atoms with Crippen LogP contribution in [0, 0.1) is 5.92 Å². The van der Waals surface area contributed by atoms with Crippen molar-refractivity contribution in [2.75, 3.05) is 20.2 Å². The van der Waals surface area contributed by atoms with Crippen molar-refractivity contribution in [3.8, 4) is 5.75 Å². The first-order valence-electron chi connectivity index (χ1n) is 9.69. The summed E-state index contributed by atoms with van der Waals surface area (Å²) in [5, 5.41) is 10.1. The van der Waals surface area contributed by atoms with Gasteiger partial charge in [0.1, 0.15) is 5.75 Å². The van der Waals surface area contributed by atoms with Crippen molar-refractivity contribution in [3.05, 3.63) is 53.9 Å². The lowest BCUT2D eigenvalue weighted by atomic mass is 10.1. The highest BCUT2D eigenvalue weighted by atomic mass is 16.5. The number of aliphatic hydroxyl groups is 1. The number of methoxy groups -OCH3 is 1. The third kappa shape index (κ3) is 6.50. The topological polar surface area (TPSA) is 37.6 Å². The molecule has 1 aromatic heterocycles. The van der Waals surface area contributed by atoms with Crippen LogP contribution >= 0.6 is 0 Å². The van der Waals surface area contributed by atoms with E-state index < -0.39 is 0 Å². The van der Waals surface area contributed by atoms with Crippen LogP contribution in [0.15, 0.2) is 42.6 Å². The summed E-state index contributed by atoms with van der Waals surface area (Å²) in [6, 6.07) is 12.5. The van der Waals surface area contributed by atoms with E-state index in [-0.39, 0.29) is 6.10 Å². The molecule has 0 aliphatic carbocycles. The maximum Gasteiger partial charge on any atom is 0.119 e. The lowest BCUT2D eigenvalue weighted by molar-refractivity contribution is 0.101. The SMILES string of the molecule is CC[C@@H](O)CN(CCC(C)C)Cc1cccn1Cc1cccc(OC)c1. The van der Waals surface area contributed by atoms with E-state index in [0.717, 1.165) is 44.8 Å². The minimum Gasteiger partial charge on any atom is -0.497 e. The molecule has 1 N–H and O–H groups in total. The molecular formula is C22H34N2O2. The summed E-state index contributed by atoms with van der Waals surface area (Å²) in [4.78, 5) is 2.38. The van der Waals surface area contributed by atoms with E-state index in [9.17, 15) is 5.11 Å². The van der Waals surface area contributed by atoms with Crippen molar-refractivity contribution in [3.63, 3.8) is 0 Å². The van der Waals surface area contributed by atoms with Crippen LogP contribution in [0.25, 0.3) is 0 Å². The van der Waals surface area contributed by atoms with Crippen molar-refractivity contribution < 1.29 is 9.84 Å². The van der Waals surface area contributed by atoms with Gasteiger partial charge >= 0.3 is 0 Å². The maximum atomic E-state index is 10.1. The Morgan fingerprint density at radius 2 is 2.00 bits per heavy atom. The molecular weight excluding hydrogens is 324 g/mol. The molecule has 0 saturated heterocycles. The Labute approximate surface area is 158 Å². The van der Waals surface area contributed by atoms with Crippen LogP contribution in [0.1, 0.15) is 44.9 Å². The summed E-state index contributed by atoms with van der Waals surface area (Å²) in [6.45, 7) is 9.97. The molecule has 0 amide bonds. The van der Waals surface area contributed by atoms with Crippen LogP contribution in [0.5, 0.6) is 5.75 Å². The van der Waals surface area contributed by atoms with E-state index >= 15 is 0 Å². The first kappa shape index (κ1) is 20.5. The van der Waals surface area contributed by atoms with E-state index in [1.807, 2.05) is 19.1 Å². The molecule has 26 heavy (non-hydrogen) atoms. The molecule has 0 fully saturated rings. The molecule has 0 aliphatic heterocycles. The lowest BCUT2D eigenvalue weighted by Gasteiger charge is -2.26. The standard InChI is InChI=1S/C22H34N2O2/c1-5-21(25)17-23(13-11-18(2)3)16-20-9-7-12-24(20)15-19-8-6-10-22(14-19)26-4/h6-10,12,14,18,21,25H,5,11,13,15-17H2,1-4H3/t21-/m1/s1. The molecule has 4 nitrogen and oxygen atoms in total. The molecule has 0 radical (unpaired) electrons. The zero-order chi connectivity index (χ0) is 18.9. The number of ether oxygens (including phenoxy) is 1. The normalized spacial score (nSPS) is 12.7. The summed E-state index contributed by atoms with van der Waals surface area (Å²) in [7, 11) is 1.70. The van der Waals surface area contributed by atoms with Crippen molar-refractivity contribution in [1.82, 2.24) is 9.47 Å². The summed E-state index contributed by atoms with van der Waals surface area (Å²) in [5.41, 5.74) is 2.50. The molecule has 1 atom stereocenters. The molecule has 0 saturated carbocycles. The second kappa shape index (κ2) is 10.4. The Balaban J connectivity index is 2.07. The largest absolute Gasteiger partial charge is 0.497 e. The fraction of sp³-hybridized carbons (Fsp3) is 0.545. The number of aliphatic hydroxyl groups excluding tert-OH is 1. The number of aromatic nitrogens is 1. The third-order valence-corrected chi connectivity index (χ3v) is 4.76. The first-order chi connectivity index (χ1) is 12.5. The van der Waals surface area contributed by atoms with Crippen LogP contribution in [-0.2, 0) is 13.1 Å². The minimum absolute atomic E-state index is 0.260. The van der Waals surface area contributed by atoms with E-state index in [0.29, 0.717) is 5.92 Å². The van der Waals surface area contributed by atoms with E-state index in [2.05, 4.69) is 53.8 Å². The fourth-order valence-electron chi connectivity index (χ4n) is 3.05. The first-order valence-corrected chi connectivity index (χ1v) is 9.69. The molecule has 0 spiro atoms. The maximum absolute atomic E-state index is 10.1. The van der Waals surface area contributed by atoms with Gasteiger partial charge in [-0.25, -0.2) is 0 Å². The number of hydrogen-bond acceptors (Lipinski definition) is 3. The van der Waals surface area contributed by atoms with Gasteiger partial charge in [0.15, 0.2) is 0 Å². The van der Waals surface area contributed by atoms with Gasteiger partial charge in [-0.1, -0.05) is 32.9 Å². The van der Waals surface area contributed by atoms with E-state index in [1.54, 1.807) is 7.11 Å². The summed E-state index contributed by atoms with van der Waals surface area (Å²) in [5.74, 6) is 1.56. The molecule has 4 heteroatoms. The quantitative estimate of drug-likeness (QED) is 0.655. The predicted molar refractivity (Wildman–Crippen MR) is 108 cm³/mol. The molecule has 0 aliphatic rings. The van der Waals surface area contributed by atoms with Crippen LogP contribution in [0.2, 0.25) is 0 Å². The summed E-state index contributed by atoms with van der Waals surface area (Å²) in [6.07, 6.45) is 3.81. The Kier molecular flexibility index (Phi) is 8.20. The average Bonchev–Trinajstić information content (AvgIpc) is 3.06. The highest BCUT2D eigenvalue weighted by molar-refractivity contribution is 5.29. The van der Waals surface area contributed by atoms with Crippen molar-refractivity contribution >= 4 is 0 Å². The van der Waals surface area contributed by atoms with Crippen molar-refractivity contribution in [2.24, 2.45) is 5.92 Å². The number of hydrogen-bond donors (Lipinski definition) is 1. The molecule has 0 bridgehead atoms. The average molecular weight is 359 g/mol. The van der Waals surface area contributed by atoms with E-state index in [1.165, 1.54) is 11.3 Å². The van der Waals surface area contributed by atoms with Gasteiger partial charge in [-0.2, -0.15) is 0 Å². The van der Waals surface area contributed by atoms with Crippen LogP contribution in [0.3, 0.4) is 0 Å². The molecule has 1 aromatic carbocycles. The van der Waals surface area contributed by atoms with Crippen molar-refractivity contribution in [2.45, 2.75) is 52.8 Å². The Morgan fingerprint density at radius 1 is 1.19 bits per heavy atom. The monoisotopic (exact) mass is 358 g/mol. The molecule has 0 unspecified atom stereocenters. The van der Waals surface area contributed by atoms with Gasteiger partial charge in [-0.05, 0) is 55.1 Å². The van der Waals surface area contributed by atoms with Crippen LogP contribution in [0.4, 0.5) is 0 Å². The second-order valence-corrected chi connectivity index (χ2v) is 7.46. The Bertz CT molecular complexity index is 651. The Hall–Kier alpha value is -1.78. The zero-order valence-electron chi connectivity index (χ0n) is 16.7. The molecule has 144 valence electrons. The van der Waals surface area contributed by atoms with Crippen LogP contribution in [-0.4, -0.2) is 40.9 Å². The molecule has 2 aromatic rings. The Morgan fingerprint density at radius 3 is 2.69 bits per heavy atom. The summed E-state index contributed by atoms with van der Waals surface area (Å²) < 4.78 is 7.62. The number of benzene rings is 1. The highest BCUT2D eigenvalue weighted by Gasteiger charge is 2.14. The molecule has 1 heterocycles. The fourth-order valence-corrected chi connectivity index (χ4v) is 3.05. The van der Waals surface area contributed by atoms with Gasteiger partial charge in [0.05, 0.1) is 13.2 Å². The van der Waals surface area contributed by atoms with Gasteiger partial charge in [0.25, 0.3) is 0 Å². The predicted octanol–water partition coefficient (Wildman–Crippen LogP) is 4.16. The third-order valence-electron chi connectivity index (χ3n) is 4.76. The smallest absolute Gasteiger partial charge is 0.119 e. The lowest BCUT2D eigenvalue weighted by Crippen LogP contribution is -2.33.